The van der Waals surface area contributed by atoms with Gasteiger partial charge in [-0.15, -0.1) is 0 Å². The van der Waals surface area contributed by atoms with Crippen molar-refractivity contribution in [3.63, 3.8) is 0 Å². The average molecular weight is 546 g/mol. The number of cyclic esters (lactones) is 1. The molecule has 4 fully saturated rings. The van der Waals surface area contributed by atoms with E-state index in [9.17, 15) is 19.5 Å². The van der Waals surface area contributed by atoms with Crippen molar-refractivity contribution in [2.75, 3.05) is 19.9 Å². The smallest absolute Gasteiger partial charge is 0.331 e. The van der Waals surface area contributed by atoms with E-state index in [0.717, 1.165) is 63.4 Å². The van der Waals surface area contributed by atoms with Gasteiger partial charge in [-0.05, 0) is 113 Å². The molecule has 0 saturated heterocycles. The molecule has 0 spiro atoms. The molecule has 0 amide bonds. The summed E-state index contributed by atoms with van der Waals surface area (Å²) in [5.74, 6) is 0.530. The largest absolute Gasteiger partial charge is 0.461 e. The van der Waals surface area contributed by atoms with Gasteiger partial charge in [0.25, 0.3) is 0 Å². The van der Waals surface area contributed by atoms with Gasteiger partial charge in [-0.1, -0.05) is 13.8 Å². The van der Waals surface area contributed by atoms with Crippen LogP contribution in [0.1, 0.15) is 92.4 Å². The molecular weight excluding hydrogens is 498 g/mol. The fraction of sp³-hybridized carbons (Fsp3) is 0.839. The van der Waals surface area contributed by atoms with Gasteiger partial charge in [0.2, 0.25) is 0 Å². The number of esters is 3. The third kappa shape index (κ3) is 4.94. The number of aliphatic hydroxyl groups is 1. The van der Waals surface area contributed by atoms with E-state index in [-0.39, 0.29) is 60.0 Å². The maximum atomic E-state index is 12.5. The standard InChI is InChI=1S/C31H47NO7/c1-28(2,3)27(35)38-18-32-16-26(34)39-21-8-11-29(4)20(15-21)6-7-24-23(29)9-12-30(5)22(10-13-31(24,30)36)19-14-25(33)37-17-19/h14,20-24,32,36H,6-13,15-18H2,1-5H3/t20-,21+,22-,23+,24-,29+,30-,31?/m1/s1. The Morgan fingerprint density at radius 3 is 2.54 bits per heavy atom. The monoisotopic (exact) mass is 545 g/mol. The first-order valence-electron chi connectivity index (χ1n) is 14.9. The van der Waals surface area contributed by atoms with Crippen LogP contribution in [0, 0.1) is 39.9 Å². The number of ether oxygens (including phenoxy) is 3. The fourth-order valence-corrected chi connectivity index (χ4v) is 9.19. The molecule has 0 aromatic heterocycles. The van der Waals surface area contributed by atoms with E-state index >= 15 is 0 Å². The van der Waals surface area contributed by atoms with Gasteiger partial charge in [-0.25, -0.2) is 4.79 Å². The lowest BCUT2D eigenvalue weighted by Crippen LogP contribution is -2.62. The fourth-order valence-electron chi connectivity index (χ4n) is 9.19. The lowest BCUT2D eigenvalue weighted by atomic mass is 9.43. The Labute approximate surface area is 232 Å². The Morgan fingerprint density at radius 2 is 1.85 bits per heavy atom. The molecule has 2 N–H and O–H groups in total. The Kier molecular flexibility index (Phi) is 7.45. The molecule has 1 aliphatic heterocycles. The van der Waals surface area contributed by atoms with Gasteiger partial charge in [0.15, 0.2) is 0 Å². The normalized spacial score (nSPS) is 41.5. The van der Waals surface area contributed by atoms with Gasteiger partial charge < -0.3 is 19.3 Å². The summed E-state index contributed by atoms with van der Waals surface area (Å²) in [5.41, 5.74) is -0.317. The molecule has 0 bridgehead atoms. The van der Waals surface area contributed by atoms with Crippen molar-refractivity contribution in [1.29, 1.82) is 0 Å². The number of hydrogen-bond donors (Lipinski definition) is 2. The zero-order valence-corrected chi connectivity index (χ0v) is 24.3. The number of carbonyl (C=O) groups excluding carboxylic acids is 3. The SMILES string of the molecule is CC(C)(C)C(=O)OCNCC(=O)O[C@H]1CC[C@@]2(C)[C@H](CC[C@@H]3[C@@H]2CC[C@]2(C)[C@@H](C4=CC(=O)OC4)CCC32O)C1. The van der Waals surface area contributed by atoms with Crippen LogP contribution < -0.4 is 5.32 Å². The van der Waals surface area contributed by atoms with E-state index in [1.165, 1.54) is 0 Å². The zero-order chi connectivity index (χ0) is 28.2. The van der Waals surface area contributed by atoms with Crippen molar-refractivity contribution in [2.45, 2.75) is 104 Å². The minimum Gasteiger partial charge on any atom is -0.461 e. The third-order valence-corrected chi connectivity index (χ3v) is 11.4. The van der Waals surface area contributed by atoms with Crippen LogP contribution in [0.4, 0.5) is 0 Å². The molecule has 39 heavy (non-hydrogen) atoms. The summed E-state index contributed by atoms with van der Waals surface area (Å²) in [6.07, 6.45) is 10.1. The minimum absolute atomic E-state index is 0.0110. The van der Waals surface area contributed by atoms with Crippen molar-refractivity contribution < 1.29 is 33.7 Å². The number of carbonyl (C=O) groups is 3. The van der Waals surface area contributed by atoms with E-state index in [1.54, 1.807) is 26.8 Å². The topological polar surface area (TPSA) is 111 Å². The highest BCUT2D eigenvalue weighted by Gasteiger charge is 2.67. The quantitative estimate of drug-likeness (QED) is 0.220. The van der Waals surface area contributed by atoms with E-state index in [2.05, 4.69) is 19.2 Å². The second kappa shape index (κ2) is 10.2. The van der Waals surface area contributed by atoms with E-state index in [4.69, 9.17) is 14.2 Å². The first kappa shape index (κ1) is 28.6. The predicted molar refractivity (Wildman–Crippen MR) is 144 cm³/mol. The van der Waals surface area contributed by atoms with Crippen LogP contribution in [0.15, 0.2) is 11.6 Å². The molecule has 1 heterocycles. The first-order chi connectivity index (χ1) is 18.3. The Bertz CT molecular complexity index is 1030. The van der Waals surface area contributed by atoms with Crippen LogP contribution in [0.3, 0.4) is 0 Å². The van der Waals surface area contributed by atoms with E-state index < -0.39 is 11.0 Å². The van der Waals surface area contributed by atoms with Crippen LogP contribution in [0.25, 0.3) is 0 Å². The van der Waals surface area contributed by atoms with Crippen LogP contribution in [0.2, 0.25) is 0 Å². The maximum absolute atomic E-state index is 12.5. The van der Waals surface area contributed by atoms with Crippen molar-refractivity contribution in [3.05, 3.63) is 11.6 Å². The van der Waals surface area contributed by atoms with Gasteiger partial charge in [-0.2, -0.15) is 0 Å². The Hall–Kier alpha value is -1.93. The van der Waals surface area contributed by atoms with Gasteiger partial charge in [-0.3, -0.25) is 14.9 Å². The van der Waals surface area contributed by atoms with Crippen LogP contribution in [-0.2, 0) is 28.6 Å². The molecule has 0 aromatic rings. The molecule has 1 unspecified atom stereocenters. The number of rotatable bonds is 6. The molecule has 5 rings (SSSR count). The van der Waals surface area contributed by atoms with Crippen molar-refractivity contribution in [3.8, 4) is 0 Å². The molecule has 0 aromatic carbocycles. The lowest BCUT2D eigenvalue weighted by Gasteiger charge is -2.63. The molecule has 4 saturated carbocycles. The Morgan fingerprint density at radius 1 is 1.08 bits per heavy atom. The van der Waals surface area contributed by atoms with Gasteiger partial charge >= 0.3 is 17.9 Å². The first-order valence-corrected chi connectivity index (χ1v) is 14.9. The summed E-state index contributed by atoms with van der Waals surface area (Å²) in [4.78, 5) is 36.1. The summed E-state index contributed by atoms with van der Waals surface area (Å²) in [6, 6.07) is 0. The van der Waals surface area contributed by atoms with Crippen molar-refractivity contribution in [1.82, 2.24) is 5.32 Å². The number of fused-ring (bicyclic) bond motifs is 5. The van der Waals surface area contributed by atoms with Crippen LogP contribution in [0.5, 0.6) is 0 Å². The van der Waals surface area contributed by atoms with Crippen molar-refractivity contribution in [2.24, 2.45) is 39.9 Å². The average Bonchev–Trinajstić information content (AvgIpc) is 3.41. The summed E-state index contributed by atoms with van der Waals surface area (Å²) >= 11 is 0. The summed E-state index contributed by atoms with van der Waals surface area (Å²) in [6.45, 7) is 10.4. The number of nitrogens with one attached hydrogen (secondary N) is 1. The lowest BCUT2D eigenvalue weighted by molar-refractivity contribution is -0.210. The molecule has 8 heteroatoms. The Balaban J connectivity index is 1.17. The minimum atomic E-state index is -0.716. The van der Waals surface area contributed by atoms with Crippen LogP contribution in [-0.4, -0.2) is 54.6 Å². The molecule has 8 atom stereocenters. The predicted octanol–water partition coefficient (Wildman–Crippen LogP) is 4.29. The maximum Gasteiger partial charge on any atom is 0.331 e. The van der Waals surface area contributed by atoms with Crippen molar-refractivity contribution >= 4 is 17.9 Å². The summed E-state index contributed by atoms with van der Waals surface area (Å²) in [5, 5.41) is 15.2. The zero-order valence-electron chi connectivity index (χ0n) is 24.3. The molecule has 4 aliphatic carbocycles. The van der Waals surface area contributed by atoms with Crippen LogP contribution >= 0.6 is 0 Å². The van der Waals surface area contributed by atoms with Gasteiger partial charge in [0, 0.05) is 11.5 Å². The van der Waals surface area contributed by atoms with Gasteiger partial charge in [0.1, 0.15) is 19.4 Å². The molecular formula is C31H47NO7. The second-order valence-corrected chi connectivity index (χ2v) is 14.4. The summed E-state index contributed by atoms with van der Waals surface area (Å²) < 4.78 is 16.3. The molecule has 218 valence electrons. The summed E-state index contributed by atoms with van der Waals surface area (Å²) in [7, 11) is 0. The molecule has 5 aliphatic rings. The van der Waals surface area contributed by atoms with E-state index in [1.807, 2.05) is 0 Å². The highest BCUT2D eigenvalue weighted by molar-refractivity contribution is 5.85. The molecule has 0 radical (unpaired) electrons. The number of hydrogen-bond acceptors (Lipinski definition) is 8. The third-order valence-electron chi connectivity index (χ3n) is 11.4. The van der Waals surface area contributed by atoms with Gasteiger partial charge in [0.05, 0.1) is 17.6 Å². The second-order valence-electron chi connectivity index (χ2n) is 14.4. The van der Waals surface area contributed by atoms with E-state index in [0.29, 0.717) is 18.4 Å². The molecule has 8 nitrogen and oxygen atoms in total. The highest BCUT2D eigenvalue weighted by Crippen LogP contribution is 2.70. The highest BCUT2D eigenvalue weighted by atomic mass is 16.6.